The lowest BCUT2D eigenvalue weighted by atomic mass is 10.2. The van der Waals surface area contributed by atoms with Gasteiger partial charge in [0.05, 0.1) is 23.4 Å². The first-order valence-electron chi connectivity index (χ1n) is 9.59. The van der Waals surface area contributed by atoms with E-state index in [1.165, 1.54) is 30.3 Å². The van der Waals surface area contributed by atoms with Gasteiger partial charge < -0.3 is 20.3 Å². The number of carbonyl (C=O) groups excluding carboxylic acids is 2. The third-order valence-electron chi connectivity index (χ3n) is 4.36. The highest BCUT2D eigenvalue weighted by Crippen LogP contribution is 2.18. The van der Waals surface area contributed by atoms with Crippen molar-refractivity contribution in [1.82, 2.24) is 20.1 Å². The zero-order valence-corrected chi connectivity index (χ0v) is 17.9. The van der Waals surface area contributed by atoms with E-state index in [1.807, 2.05) is 6.92 Å². The van der Waals surface area contributed by atoms with Crippen molar-refractivity contribution in [2.75, 3.05) is 11.1 Å². The van der Waals surface area contributed by atoms with Gasteiger partial charge in [0, 0.05) is 12.2 Å². The van der Waals surface area contributed by atoms with E-state index in [0.29, 0.717) is 23.2 Å². The van der Waals surface area contributed by atoms with Gasteiger partial charge in [0.1, 0.15) is 5.82 Å². The Bertz CT molecular complexity index is 1150. The van der Waals surface area contributed by atoms with E-state index < -0.39 is 17.7 Å². The van der Waals surface area contributed by atoms with Crippen LogP contribution in [-0.4, -0.2) is 43.4 Å². The minimum absolute atomic E-state index is 0.0248. The average Bonchev–Trinajstić information content (AvgIpc) is 3.18. The number of benzene rings is 2. The maximum Gasteiger partial charge on any atom is 0.335 e. The molecule has 2 amide bonds. The molecular formula is C21H20FN5O4S. The largest absolute Gasteiger partial charge is 0.478 e. The molecule has 3 aromatic rings. The number of nitrogens with zero attached hydrogens (tertiary/aromatic N) is 3. The fourth-order valence-corrected chi connectivity index (χ4v) is 3.65. The lowest BCUT2D eigenvalue weighted by Crippen LogP contribution is -2.25. The summed E-state index contributed by atoms with van der Waals surface area (Å²) in [6, 6.07) is 11.6. The van der Waals surface area contributed by atoms with Crippen LogP contribution >= 0.6 is 11.8 Å². The first-order valence-corrected chi connectivity index (χ1v) is 10.6. The standard InChI is InChI=1S/C21H20FN5O4S/c1-2-27-17(11-23-19(29)15-8-3-4-9-16(15)22)25-26-21(27)32-12-18(28)24-14-7-5-6-13(10-14)20(30)31/h3-10H,2,11-12H2,1H3,(H,23,29)(H,24,28)(H,30,31). The number of nitrogens with one attached hydrogen (secondary N) is 2. The van der Waals surface area contributed by atoms with Crippen LogP contribution < -0.4 is 10.6 Å². The molecule has 0 bridgehead atoms. The third kappa shape index (κ3) is 5.70. The van der Waals surface area contributed by atoms with Crippen LogP contribution in [0.1, 0.15) is 33.5 Å². The average molecular weight is 457 g/mol. The minimum atomic E-state index is -1.08. The number of hydrogen-bond acceptors (Lipinski definition) is 6. The highest BCUT2D eigenvalue weighted by Gasteiger charge is 2.16. The molecule has 1 aromatic heterocycles. The van der Waals surface area contributed by atoms with Gasteiger partial charge in [-0.15, -0.1) is 10.2 Å². The molecule has 11 heteroatoms. The zero-order valence-electron chi connectivity index (χ0n) is 17.0. The molecule has 3 rings (SSSR count). The van der Waals surface area contributed by atoms with Crippen LogP contribution in [0.2, 0.25) is 0 Å². The van der Waals surface area contributed by atoms with Crippen molar-refractivity contribution in [1.29, 1.82) is 0 Å². The fraction of sp³-hybridized carbons (Fsp3) is 0.190. The molecule has 0 saturated heterocycles. The van der Waals surface area contributed by atoms with Crippen molar-refractivity contribution in [2.24, 2.45) is 0 Å². The Balaban J connectivity index is 1.58. The zero-order chi connectivity index (χ0) is 23.1. The number of carboxylic acid groups (broad SMARTS) is 1. The summed E-state index contributed by atoms with van der Waals surface area (Å²) in [6.45, 7) is 2.42. The van der Waals surface area contributed by atoms with Gasteiger partial charge >= 0.3 is 5.97 Å². The number of thioether (sulfide) groups is 1. The van der Waals surface area contributed by atoms with Gasteiger partial charge in [-0.05, 0) is 37.3 Å². The van der Waals surface area contributed by atoms with Gasteiger partial charge in [-0.2, -0.15) is 0 Å². The lowest BCUT2D eigenvalue weighted by Gasteiger charge is -2.09. The molecule has 0 unspecified atom stereocenters. The van der Waals surface area contributed by atoms with Crippen LogP contribution in [0.4, 0.5) is 10.1 Å². The van der Waals surface area contributed by atoms with E-state index in [-0.39, 0.29) is 29.3 Å². The Labute approximate surface area is 187 Å². The second-order valence-electron chi connectivity index (χ2n) is 6.53. The van der Waals surface area contributed by atoms with Gasteiger partial charge in [-0.1, -0.05) is 30.0 Å². The summed E-state index contributed by atoms with van der Waals surface area (Å²) >= 11 is 1.15. The summed E-state index contributed by atoms with van der Waals surface area (Å²) < 4.78 is 15.5. The second kappa shape index (κ2) is 10.5. The molecule has 0 spiro atoms. The summed E-state index contributed by atoms with van der Waals surface area (Å²) in [6.07, 6.45) is 0. The second-order valence-corrected chi connectivity index (χ2v) is 7.47. The molecule has 0 aliphatic rings. The quantitative estimate of drug-likeness (QED) is 0.422. The van der Waals surface area contributed by atoms with Crippen LogP contribution in [0.3, 0.4) is 0 Å². The van der Waals surface area contributed by atoms with Crippen LogP contribution in [0.25, 0.3) is 0 Å². The van der Waals surface area contributed by atoms with Crippen molar-refractivity contribution in [3.63, 3.8) is 0 Å². The normalized spacial score (nSPS) is 10.6. The molecule has 166 valence electrons. The minimum Gasteiger partial charge on any atom is -0.478 e. The third-order valence-corrected chi connectivity index (χ3v) is 5.33. The summed E-state index contributed by atoms with van der Waals surface area (Å²) in [7, 11) is 0. The highest BCUT2D eigenvalue weighted by atomic mass is 32.2. The molecule has 0 radical (unpaired) electrons. The van der Waals surface area contributed by atoms with E-state index in [9.17, 15) is 18.8 Å². The molecule has 1 heterocycles. The van der Waals surface area contributed by atoms with Crippen molar-refractivity contribution in [2.45, 2.75) is 25.2 Å². The van der Waals surface area contributed by atoms with E-state index in [1.54, 1.807) is 22.8 Å². The maximum atomic E-state index is 13.7. The summed E-state index contributed by atoms with van der Waals surface area (Å²) in [5.74, 6) is -2.10. The summed E-state index contributed by atoms with van der Waals surface area (Å²) in [5.41, 5.74) is 0.389. The number of aromatic carboxylic acids is 1. The molecule has 3 N–H and O–H groups in total. The number of halogens is 1. The first-order chi connectivity index (χ1) is 15.4. The maximum absolute atomic E-state index is 13.7. The molecule has 0 fully saturated rings. The molecule has 0 atom stereocenters. The number of anilines is 1. The van der Waals surface area contributed by atoms with Crippen molar-refractivity contribution < 1.29 is 23.9 Å². The Morgan fingerprint density at radius 1 is 1.12 bits per heavy atom. The lowest BCUT2D eigenvalue weighted by molar-refractivity contribution is -0.113. The molecule has 0 aliphatic heterocycles. The molecule has 0 saturated carbocycles. The van der Waals surface area contributed by atoms with Crippen LogP contribution in [0, 0.1) is 5.82 Å². The smallest absolute Gasteiger partial charge is 0.335 e. The summed E-state index contributed by atoms with van der Waals surface area (Å²) in [4.78, 5) is 35.5. The Hall–Kier alpha value is -3.73. The van der Waals surface area contributed by atoms with Gasteiger partial charge in [0.25, 0.3) is 5.91 Å². The van der Waals surface area contributed by atoms with Crippen LogP contribution in [0.15, 0.2) is 53.7 Å². The Morgan fingerprint density at radius 3 is 2.62 bits per heavy atom. The predicted molar refractivity (Wildman–Crippen MR) is 116 cm³/mol. The molecule has 32 heavy (non-hydrogen) atoms. The van der Waals surface area contributed by atoms with Gasteiger partial charge in [0.15, 0.2) is 11.0 Å². The number of hydrogen-bond donors (Lipinski definition) is 3. The number of carbonyl (C=O) groups is 3. The topological polar surface area (TPSA) is 126 Å². The number of aromatic nitrogens is 3. The highest BCUT2D eigenvalue weighted by molar-refractivity contribution is 7.99. The van der Waals surface area contributed by atoms with Crippen molar-refractivity contribution >= 4 is 35.2 Å². The number of amides is 2. The molecule has 0 aliphatic carbocycles. The monoisotopic (exact) mass is 457 g/mol. The molecule has 9 nitrogen and oxygen atoms in total. The van der Waals surface area contributed by atoms with E-state index in [0.717, 1.165) is 11.8 Å². The Morgan fingerprint density at radius 2 is 1.91 bits per heavy atom. The van der Waals surface area contributed by atoms with E-state index in [2.05, 4.69) is 20.8 Å². The molecular weight excluding hydrogens is 437 g/mol. The van der Waals surface area contributed by atoms with Crippen molar-refractivity contribution in [3.05, 3.63) is 71.3 Å². The number of carboxylic acids is 1. The number of rotatable bonds is 9. The Kier molecular flexibility index (Phi) is 7.55. The van der Waals surface area contributed by atoms with Crippen LogP contribution in [-0.2, 0) is 17.9 Å². The van der Waals surface area contributed by atoms with E-state index in [4.69, 9.17) is 5.11 Å². The van der Waals surface area contributed by atoms with E-state index >= 15 is 0 Å². The van der Waals surface area contributed by atoms with Crippen molar-refractivity contribution in [3.8, 4) is 0 Å². The van der Waals surface area contributed by atoms with Gasteiger partial charge in [-0.3, -0.25) is 9.59 Å². The predicted octanol–water partition coefficient (Wildman–Crippen LogP) is 2.80. The SMILES string of the molecule is CCn1c(CNC(=O)c2ccccc2F)nnc1SCC(=O)Nc1cccc(C(=O)O)c1. The molecule has 2 aromatic carbocycles. The fourth-order valence-electron chi connectivity index (χ4n) is 2.83. The first kappa shape index (κ1) is 22.9. The summed E-state index contributed by atoms with van der Waals surface area (Å²) in [5, 5.41) is 22.9. The van der Waals surface area contributed by atoms with Gasteiger partial charge in [0.2, 0.25) is 5.91 Å². The van der Waals surface area contributed by atoms with Crippen LogP contribution in [0.5, 0.6) is 0 Å². The van der Waals surface area contributed by atoms with Gasteiger partial charge in [-0.25, -0.2) is 9.18 Å².